The lowest BCUT2D eigenvalue weighted by Crippen LogP contribution is -2.59. The molecule has 0 spiro atoms. The second kappa shape index (κ2) is 9.84. The first-order valence-electron chi connectivity index (χ1n) is 10.2. The van der Waals surface area contributed by atoms with Crippen LogP contribution in [-0.2, 0) is 11.3 Å². The maximum Gasteiger partial charge on any atom is 0.319 e. The van der Waals surface area contributed by atoms with Gasteiger partial charge in [-0.3, -0.25) is 9.69 Å². The third-order valence-corrected chi connectivity index (χ3v) is 6.10. The molecule has 0 unspecified atom stereocenters. The first-order chi connectivity index (χ1) is 14.6. The number of nitrogens with zero attached hydrogens (tertiary/aromatic N) is 3. The number of nitrogens with one attached hydrogen (secondary N) is 2. The molecule has 3 rings (SSSR count). The number of hydrogen-bond acceptors (Lipinski definition) is 6. The van der Waals surface area contributed by atoms with Gasteiger partial charge in [0.2, 0.25) is 5.91 Å². The normalized spacial score (nSPS) is 16.1. The minimum atomic E-state index is -0.648. The minimum Gasteiger partial charge on any atom is -0.375 e. The lowest BCUT2D eigenvalue weighted by atomic mass is 9.85. The van der Waals surface area contributed by atoms with E-state index >= 15 is 0 Å². The molecule has 1 saturated heterocycles. The molecule has 1 aliphatic rings. The van der Waals surface area contributed by atoms with Gasteiger partial charge in [0.05, 0.1) is 5.69 Å². The minimum absolute atomic E-state index is 0.0729. The first kappa shape index (κ1) is 23.3. The lowest BCUT2D eigenvalue weighted by molar-refractivity contribution is -0.137. The summed E-state index contributed by atoms with van der Waals surface area (Å²) in [4.78, 5) is 34.2. The SMILES string of the molecule is CC(C)(C)[C@@H](NC(=O)Nc1ccc(Cl)cc1)C(=O)N1CCN(Cc2csc(N)n2)CC1. The van der Waals surface area contributed by atoms with Crippen molar-refractivity contribution in [1.82, 2.24) is 20.1 Å². The number of aromatic nitrogens is 1. The van der Waals surface area contributed by atoms with Crippen LogP contribution in [0, 0.1) is 5.41 Å². The van der Waals surface area contributed by atoms with Gasteiger partial charge < -0.3 is 21.3 Å². The molecule has 10 heteroatoms. The predicted octanol–water partition coefficient (Wildman–Crippen LogP) is 3.26. The quantitative estimate of drug-likeness (QED) is 0.630. The molecule has 4 N–H and O–H groups in total. The predicted molar refractivity (Wildman–Crippen MR) is 125 cm³/mol. The largest absolute Gasteiger partial charge is 0.375 e. The Morgan fingerprint density at radius 1 is 1.19 bits per heavy atom. The highest BCUT2D eigenvalue weighted by Gasteiger charge is 2.36. The number of carbonyl (C=O) groups excluding carboxylic acids is 2. The summed E-state index contributed by atoms with van der Waals surface area (Å²) in [5.74, 6) is -0.0729. The number of benzene rings is 1. The molecule has 168 valence electrons. The highest BCUT2D eigenvalue weighted by Crippen LogP contribution is 2.23. The number of hydrogen-bond donors (Lipinski definition) is 3. The Morgan fingerprint density at radius 2 is 1.84 bits per heavy atom. The molecule has 0 aliphatic carbocycles. The molecule has 1 aliphatic heterocycles. The van der Waals surface area contributed by atoms with Gasteiger partial charge in [0.25, 0.3) is 0 Å². The van der Waals surface area contributed by atoms with Crippen LogP contribution >= 0.6 is 22.9 Å². The van der Waals surface area contributed by atoms with Crippen molar-refractivity contribution in [3.63, 3.8) is 0 Å². The monoisotopic (exact) mass is 464 g/mol. The van der Waals surface area contributed by atoms with E-state index in [1.165, 1.54) is 11.3 Å². The molecule has 1 aromatic heterocycles. The Kier molecular flexibility index (Phi) is 7.40. The zero-order valence-electron chi connectivity index (χ0n) is 18.0. The lowest BCUT2D eigenvalue weighted by Gasteiger charge is -2.39. The average molecular weight is 465 g/mol. The summed E-state index contributed by atoms with van der Waals surface area (Å²) in [7, 11) is 0. The number of nitrogens with two attached hydrogens (primary N) is 1. The van der Waals surface area contributed by atoms with Gasteiger partial charge in [0.1, 0.15) is 6.04 Å². The maximum atomic E-state index is 13.3. The number of thiazole rings is 1. The van der Waals surface area contributed by atoms with Crippen molar-refractivity contribution >= 4 is 45.7 Å². The van der Waals surface area contributed by atoms with Crippen LogP contribution in [0.25, 0.3) is 0 Å². The third kappa shape index (κ3) is 6.56. The van der Waals surface area contributed by atoms with Crippen molar-refractivity contribution in [1.29, 1.82) is 0 Å². The van der Waals surface area contributed by atoms with Crippen LogP contribution in [0.5, 0.6) is 0 Å². The molecule has 2 heterocycles. The molecule has 8 nitrogen and oxygen atoms in total. The van der Waals surface area contributed by atoms with Gasteiger partial charge in [0, 0.05) is 48.8 Å². The van der Waals surface area contributed by atoms with E-state index in [9.17, 15) is 9.59 Å². The van der Waals surface area contributed by atoms with E-state index in [1.54, 1.807) is 24.3 Å². The maximum absolute atomic E-state index is 13.3. The van der Waals surface area contributed by atoms with Crippen LogP contribution < -0.4 is 16.4 Å². The number of nitrogen functional groups attached to an aromatic ring is 1. The Morgan fingerprint density at radius 3 is 2.39 bits per heavy atom. The fraction of sp³-hybridized carbons (Fsp3) is 0.476. The number of urea groups is 1. The summed E-state index contributed by atoms with van der Waals surface area (Å²) in [5, 5.41) is 8.74. The summed E-state index contributed by atoms with van der Waals surface area (Å²) in [5.41, 5.74) is 6.83. The third-order valence-electron chi connectivity index (χ3n) is 5.13. The standard InChI is InChI=1S/C21H29ClN6O2S/c1-21(2,3)17(26-20(30)25-15-6-4-14(22)5-7-15)18(29)28-10-8-27(9-11-28)12-16-13-31-19(23)24-16/h4-7,13,17H,8-12H2,1-3H3,(H2,23,24)(H2,25,26,30)/t17-/m0/s1. The molecule has 1 atom stereocenters. The van der Waals surface area contributed by atoms with Gasteiger partial charge in [-0.1, -0.05) is 32.4 Å². The summed E-state index contributed by atoms with van der Waals surface area (Å²) < 4.78 is 0. The van der Waals surface area contributed by atoms with Gasteiger partial charge in [-0.15, -0.1) is 11.3 Å². The van der Waals surface area contributed by atoms with Crippen LogP contribution in [0.4, 0.5) is 15.6 Å². The molecule has 1 fully saturated rings. The van der Waals surface area contributed by atoms with E-state index in [0.29, 0.717) is 28.9 Å². The summed E-state index contributed by atoms with van der Waals surface area (Å²) in [6.45, 7) is 9.26. The van der Waals surface area contributed by atoms with Gasteiger partial charge in [-0.2, -0.15) is 0 Å². The topological polar surface area (TPSA) is 104 Å². The van der Waals surface area contributed by atoms with Crippen molar-refractivity contribution in [2.75, 3.05) is 37.2 Å². The number of anilines is 2. The summed E-state index contributed by atoms with van der Waals surface area (Å²) in [6.07, 6.45) is 0. The number of amides is 3. The second-order valence-electron chi connectivity index (χ2n) is 8.68. The smallest absolute Gasteiger partial charge is 0.319 e. The van der Waals surface area contributed by atoms with Gasteiger partial charge in [-0.05, 0) is 29.7 Å². The summed E-state index contributed by atoms with van der Waals surface area (Å²) >= 11 is 7.32. The number of carbonyl (C=O) groups is 2. The second-order valence-corrected chi connectivity index (χ2v) is 10.0. The highest BCUT2D eigenvalue weighted by atomic mass is 35.5. The Balaban J connectivity index is 1.57. The highest BCUT2D eigenvalue weighted by molar-refractivity contribution is 7.13. The number of rotatable bonds is 5. The molecule has 2 aromatic rings. The fourth-order valence-electron chi connectivity index (χ4n) is 3.41. The molecular weight excluding hydrogens is 436 g/mol. The number of piperazine rings is 1. The van der Waals surface area contributed by atoms with Crippen molar-refractivity contribution < 1.29 is 9.59 Å². The van der Waals surface area contributed by atoms with Crippen LogP contribution in [0.2, 0.25) is 5.02 Å². The molecular formula is C21H29ClN6O2S. The summed E-state index contributed by atoms with van der Waals surface area (Å²) in [6, 6.07) is 5.75. The van der Waals surface area contributed by atoms with Crippen LogP contribution in [-0.4, -0.2) is 58.9 Å². The molecule has 0 radical (unpaired) electrons. The first-order valence-corrected chi connectivity index (χ1v) is 11.4. The molecule has 0 bridgehead atoms. The zero-order chi connectivity index (χ0) is 22.6. The van der Waals surface area contributed by atoms with E-state index in [1.807, 2.05) is 31.1 Å². The van der Waals surface area contributed by atoms with Crippen LogP contribution in [0.3, 0.4) is 0 Å². The fourth-order valence-corrected chi connectivity index (χ4v) is 4.09. The van der Waals surface area contributed by atoms with E-state index in [2.05, 4.69) is 20.5 Å². The van der Waals surface area contributed by atoms with Crippen LogP contribution in [0.1, 0.15) is 26.5 Å². The Bertz CT molecular complexity index is 903. The molecule has 0 saturated carbocycles. The van der Waals surface area contributed by atoms with Gasteiger partial charge in [0.15, 0.2) is 5.13 Å². The van der Waals surface area contributed by atoms with E-state index in [0.717, 1.165) is 25.3 Å². The van der Waals surface area contributed by atoms with E-state index in [-0.39, 0.29) is 5.91 Å². The Hall–Kier alpha value is -2.36. The zero-order valence-corrected chi connectivity index (χ0v) is 19.6. The van der Waals surface area contributed by atoms with E-state index < -0.39 is 17.5 Å². The number of halogens is 1. The van der Waals surface area contributed by atoms with Crippen molar-refractivity contribution in [3.8, 4) is 0 Å². The van der Waals surface area contributed by atoms with Crippen molar-refractivity contribution in [3.05, 3.63) is 40.4 Å². The van der Waals surface area contributed by atoms with Crippen molar-refractivity contribution in [2.24, 2.45) is 5.41 Å². The average Bonchev–Trinajstić information content (AvgIpc) is 3.12. The molecule has 31 heavy (non-hydrogen) atoms. The molecule has 1 aromatic carbocycles. The van der Waals surface area contributed by atoms with E-state index in [4.69, 9.17) is 17.3 Å². The van der Waals surface area contributed by atoms with Crippen molar-refractivity contribution in [2.45, 2.75) is 33.4 Å². The Labute approximate surface area is 191 Å². The molecule has 3 amide bonds. The van der Waals surface area contributed by atoms with Gasteiger partial charge >= 0.3 is 6.03 Å². The van der Waals surface area contributed by atoms with Gasteiger partial charge in [-0.25, -0.2) is 9.78 Å². The van der Waals surface area contributed by atoms with Crippen LogP contribution in [0.15, 0.2) is 29.6 Å².